The second-order valence-electron chi connectivity index (χ2n) is 5.07. The second-order valence-corrected chi connectivity index (χ2v) is 5.07. The van der Waals surface area contributed by atoms with Crippen LogP contribution in [0.1, 0.15) is 12.6 Å². The largest absolute Gasteiger partial charge is 0.497 e. The first-order chi connectivity index (χ1) is 11.3. The van der Waals surface area contributed by atoms with Crippen molar-refractivity contribution >= 4 is 0 Å². The van der Waals surface area contributed by atoms with Crippen molar-refractivity contribution in [3.05, 3.63) is 48.4 Å². The molecule has 0 aliphatic heterocycles. The first kappa shape index (κ1) is 15.1. The lowest BCUT2D eigenvalue weighted by atomic mass is 10.1. The highest BCUT2D eigenvalue weighted by Gasteiger charge is 2.15. The summed E-state index contributed by atoms with van der Waals surface area (Å²) in [5, 5.41) is 0. The number of rotatable bonds is 5. The summed E-state index contributed by atoms with van der Waals surface area (Å²) in [6.45, 7) is 2.09. The normalized spacial score (nSPS) is 10.6. The molecule has 1 N–H and O–H groups in total. The molecule has 5 nitrogen and oxygen atoms in total. The Morgan fingerprint density at radius 1 is 1.13 bits per heavy atom. The van der Waals surface area contributed by atoms with Crippen molar-refractivity contribution < 1.29 is 9.47 Å². The summed E-state index contributed by atoms with van der Waals surface area (Å²) in [6, 6.07) is 9.64. The van der Waals surface area contributed by atoms with Crippen molar-refractivity contribution in [3.63, 3.8) is 0 Å². The van der Waals surface area contributed by atoms with Crippen LogP contribution in [0.25, 0.3) is 22.6 Å². The van der Waals surface area contributed by atoms with Crippen LogP contribution in [0.15, 0.2) is 42.7 Å². The van der Waals surface area contributed by atoms with E-state index in [1.54, 1.807) is 20.4 Å². The van der Waals surface area contributed by atoms with Gasteiger partial charge in [-0.3, -0.25) is 4.98 Å². The van der Waals surface area contributed by atoms with Crippen LogP contribution in [0, 0.1) is 0 Å². The Kier molecular flexibility index (Phi) is 4.28. The Hall–Kier alpha value is -2.82. The molecule has 0 unspecified atom stereocenters. The van der Waals surface area contributed by atoms with E-state index >= 15 is 0 Å². The third kappa shape index (κ3) is 2.90. The summed E-state index contributed by atoms with van der Waals surface area (Å²) >= 11 is 0. The fourth-order valence-electron chi connectivity index (χ4n) is 2.54. The van der Waals surface area contributed by atoms with Gasteiger partial charge in [0.2, 0.25) is 0 Å². The Morgan fingerprint density at radius 2 is 2.00 bits per heavy atom. The van der Waals surface area contributed by atoms with Crippen LogP contribution in [0.2, 0.25) is 0 Å². The third-order valence-electron chi connectivity index (χ3n) is 3.73. The van der Waals surface area contributed by atoms with Crippen LogP contribution in [0.4, 0.5) is 0 Å². The van der Waals surface area contributed by atoms with Crippen LogP contribution in [-0.4, -0.2) is 29.2 Å². The van der Waals surface area contributed by atoms with Crippen LogP contribution < -0.4 is 9.47 Å². The smallest absolute Gasteiger partial charge is 0.141 e. The maximum absolute atomic E-state index is 5.48. The minimum Gasteiger partial charge on any atom is -0.497 e. The summed E-state index contributed by atoms with van der Waals surface area (Å²) in [7, 11) is 3.28. The number of ether oxygens (including phenoxy) is 2. The molecule has 5 heteroatoms. The maximum Gasteiger partial charge on any atom is 0.141 e. The second kappa shape index (κ2) is 6.52. The molecule has 3 rings (SSSR count). The summed E-state index contributed by atoms with van der Waals surface area (Å²) in [6.07, 6.45) is 4.43. The average Bonchev–Trinajstić information content (AvgIpc) is 3.06. The fourth-order valence-corrected chi connectivity index (χ4v) is 2.54. The lowest BCUT2D eigenvalue weighted by Crippen LogP contribution is -1.91. The summed E-state index contributed by atoms with van der Waals surface area (Å²) < 4.78 is 10.7. The van der Waals surface area contributed by atoms with E-state index in [-0.39, 0.29) is 0 Å². The van der Waals surface area contributed by atoms with Gasteiger partial charge in [0.1, 0.15) is 17.3 Å². The number of H-pyrrole nitrogens is 1. The summed E-state index contributed by atoms with van der Waals surface area (Å²) in [5.74, 6) is 2.25. The van der Waals surface area contributed by atoms with Crippen molar-refractivity contribution in [1.29, 1.82) is 0 Å². The molecule has 0 fully saturated rings. The molecular weight excluding hydrogens is 290 g/mol. The lowest BCUT2D eigenvalue weighted by Gasteiger charge is -2.08. The zero-order chi connectivity index (χ0) is 16.2. The summed E-state index contributed by atoms with van der Waals surface area (Å²) in [5.41, 5.74) is 3.92. The van der Waals surface area contributed by atoms with E-state index in [4.69, 9.17) is 14.5 Å². The monoisotopic (exact) mass is 309 g/mol. The quantitative estimate of drug-likeness (QED) is 0.780. The Bertz CT molecular complexity index is 797. The highest BCUT2D eigenvalue weighted by molar-refractivity contribution is 5.71. The summed E-state index contributed by atoms with van der Waals surface area (Å²) in [4.78, 5) is 12.3. The molecule has 3 aromatic rings. The Labute approximate surface area is 135 Å². The van der Waals surface area contributed by atoms with Crippen LogP contribution in [0.3, 0.4) is 0 Å². The van der Waals surface area contributed by atoms with Crippen LogP contribution in [-0.2, 0) is 6.42 Å². The SMILES string of the molecule is CCc1nc(-c2ccc(OC)cc2OC)[nH]c1-c1cccnc1. The Morgan fingerprint density at radius 3 is 2.65 bits per heavy atom. The molecule has 0 bridgehead atoms. The number of pyridine rings is 1. The first-order valence-corrected chi connectivity index (χ1v) is 7.48. The molecular formula is C18H19N3O2. The number of hydrogen-bond donors (Lipinski definition) is 1. The number of aromatic amines is 1. The van der Waals surface area contributed by atoms with Gasteiger partial charge in [0, 0.05) is 24.0 Å². The van der Waals surface area contributed by atoms with E-state index in [0.29, 0.717) is 0 Å². The average molecular weight is 309 g/mol. The highest BCUT2D eigenvalue weighted by Crippen LogP contribution is 2.34. The van der Waals surface area contributed by atoms with Crippen molar-refractivity contribution in [1.82, 2.24) is 15.0 Å². The van der Waals surface area contributed by atoms with E-state index in [9.17, 15) is 0 Å². The molecule has 23 heavy (non-hydrogen) atoms. The van der Waals surface area contributed by atoms with Gasteiger partial charge < -0.3 is 14.5 Å². The molecule has 0 saturated heterocycles. The van der Waals surface area contributed by atoms with Gasteiger partial charge in [0.05, 0.1) is 31.2 Å². The zero-order valence-electron chi connectivity index (χ0n) is 13.5. The van der Waals surface area contributed by atoms with Crippen molar-refractivity contribution in [3.8, 4) is 34.1 Å². The van der Waals surface area contributed by atoms with Gasteiger partial charge in [0.25, 0.3) is 0 Å². The standard InChI is InChI=1S/C18H19N3O2/c1-4-15-17(12-6-5-9-19-11-12)21-18(20-15)14-8-7-13(22-2)10-16(14)23-3/h5-11H,4H2,1-3H3,(H,20,21). The van der Waals surface area contributed by atoms with Crippen molar-refractivity contribution in [2.45, 2.75) is 13.3 Å². The molecule has 0 spiro atoms. The fraction of sp³-hybridized carbons (Fsp3) is 0.222. The van der Waals surface area contributed by atoms with Gasteiger partial charge >= 0.3 is 0 Å². The van der Waals surface area contributed by atoms with E-state index in [2.05, 4.69) is 16.9 Å². The molecule has 2 aromatic heterocycles. The topological polar surface area (TPSA) is 60.0 Å². The van der Waals surface area contributed by atoms with Gasteiger partial charge in [-0.1, -0.05) is 6.92 Å². The van der Waals surface area contributed by atoms with Crippen molar-refractivity contribution in [2.75, 3.05) is 14.2 Å². The number of methoxy groups -OCH3 is 2. The number of nitrogens with one attached hydrogen (secondary N) is 1. The number of nitrogens with zero attached hydrogens (tertiary/aromatic N) is 2. The van der Waals surface area contributed by atoms with Crippen molar-refractivity contribution in [2.24, 2.45) is 0 Å². The molecule has 0 saturated carbocycles. The van der Waals surface area contributed by atoms with Gasteiger partial charge in [-0.15, -0.1) is 0 Å². The highest BCUT2D eigenvalue weighted by atomic mass is 16.5. The third-order valence-corrected chi connectivity index (χ3v) is 3.73. The van der Waals surface area contributed by atoms with E-state index in [1.165, 1.54) is 0 Å². The van der Waals surface area contributed by atoms with Gasteiger partial charge in [0.15, 0.2) is 0 Å². The van der Waals surface area contributed by atoms with E-state index in [0.717, 1.165) is 46.3 Å². The molecule has 118 valence electrons. The minimum atomic E-state index is 0.721. The number of imidazole rings is 1. The molecule has 0 aliphatic rings. The van der Waals surface area contributed by atoms with E-state index < -0.39 is 0 Å². The first-order valence-electron chi connectivity index (χ1n) is 7.48. The number of hydrogen-bond acceptors (Lipinski definition) is 4. The molecule has 0 radical (unpaired) electrons. The van der Waals surface area contributed by atoms with Gasteiger partial charge in [-0.25, -0.2) is 4.98 Å². The number of aromatic nitrogens is 3. The molecule has 1 aromatic carbocycles. The predicted octanol–water partition coefficient (Wildman–Crippen LogP) is 3.72. The molecule has 2 heterocycles. The predicted molar refractivity (Wildman–Crippen MR) is 89.7 cm³/mol. The van der Waals surface area contributed by atoms with E-state index in [1.807, 2.05) is 36.5 Å². The molecule has 0 amide bonds. The lowest BCUT2D eigenvalue weighted by molar-refractivity contribution is 0.395. The number of benzene rings is 1. The number of aryl methyl sites for hydroxylation is 1. The zero-order valence-corrected chi connectivity index (χ0v) is 13.5. The van der Waals surface area contributed by atoms with Gasteiger partial charge in [-0.05, 0) is 30.7 Å². The minimum absolute atomic E-state index is 0.721. The Balaban J connectivity index is 2.10. The molecule has 0 aliphatic carbocycles. The van der Waals surface area contributed by atoms with Crippen LogP contribution in [0.5, 0.6) is 11.5 Å². The van der Waals surface area contributed by atoms with Gasteiger partial charge in [-0.2, -0.15) is 0 Å². The van der Waals surface area contributed by atoms with Crippen LogP contribution >= 0.6 is 0 Å². The molecule has 0 atom stereocenters. The maximum atomic E-state index is 5.48.